The van der Waals surface area contributed by atoms with Crippen LogP contribution in [0.1, 0.15) is 50.8 Å². The van der Waals surface area contributed by atoms with Gasteiger partial charge in [0.25, 0.3) is 5.91 Å². The average Bonchev–Trinajstić information content (AvgIpc) is 2.65. The first-order valence-electron chi connectivity index (χ1n) is 9.95. The first-order valence-corrected chi connectivity index (χ1v) is 9.95. The number of ether oxygens (including phenoxy) is 2. The van der Waals surface area contributed by atoms with Crippen LogP contribution in [-0.4, -0.2) is 25.2 Å². The van der Waals surface area contributed by atoms with Crippen LogP contribution in [0, 0.1) is 13.8 Å². The lowest BCUT2D eigenvalue weighted by atomic mass is 9.87. The molecule has 4 nitrogen and oxygen atoms in total. The molecule has 0 aliphatic heterocycles. The average molecular weight is 384 g/mol. The number of benzene rings is 2. The first kappa shape index (κ1) is 21.8. The smallest absolute Gasteiger partial charge is 0.261 e. The van der Waals surface area contributed by atoms with Gasteiger partial charge < -0.3 is 14.8 Å². The molecule has 0 aliphatic rings. The van der Waals surface area contributed by atoms with Crippen LogP contribution in [-0.2, 0) is 10.2 Å². The molecule has 0 bridgehead atoms. The minimum Gasteiger partial charge on any atom is -0.492 e. The molecule has 2 aromatic rings. The van der Waals surface area contributed by atoms with E-state index in [1.807, 2.05) is 44.2 Å². The molecule has 0 spiro atoms. The van der Waals surface area contributed by atoms with Crippen molar-refractivity contribution in [2.24, 2.45) is 0 Å². The van der Waals surface area contributed by atoms with E-state index < -0.39 is 6.10 Å². The van der Waals surface area contributed by atoms with Crippen LogP contribution in [0.5, 0.6) is 11.5 Å². The largest absolute Gasteiger partial charge is 0.492 e. The van der Waals surface area contributed by atoms with E-state index in [2.05, 4.69) is 45.1 Å². The predicted molar refractivity (Wildman–Crippen MR) is 114 cm³/mol. The summed E-state index contributed by atoms with van der Waals surface area (Å²) in [7, 11) is 0. The molecule has 1 amide bonds. The van der Waals surface area contributed by atoms with Gasteiger partial charge in [-0.1, -0.05) is 45.9 Å². The maximum Gasteiger partial charge on any atom is 0.261 e. The molecule has 0 saturated carbocycles. The Morgan fingerprint density at radius 3 is 2.21 bits per heavy atom. The Morgan fingerprint density at radius 1 is 1.00 bits per heavy atom. The van der Waals surface area contributed by atoms with Gasteiger partial charge in [-0.15, -0.1) is 0 Å². The monoisotopic (exact) mass is 383 g/mol. The van der Waals surface area contributed by atoms with Gasteiger partial charge in [0, 0.05) is 0 Å². The van der Waals surface area contributed by atoms with Crippen LogP contribution in [0.3, 0.4) is 0 Å². The summed E-state index contributed by atoms with van der Waals surface area (Å²) in [6.07, 6.45) is 0.0987. The summed E-state index contributed by atoms with van der Waals surface area (Å²) in [4.78, 5) is 12.4. The number of rotatable bonds is 8. The van der Waals surface area contributed by atoms with Gasteiger partial charge in [-0.25, -0.2) is 0 Å². The number of aryl methyl sites for hydroxylation is 2. The number of carbonyl (C=O) groups excluding carboxylic acids is 1. The minimum atomic E-state index is -0.506. The van der Waals surface area contributed by atoms with E-state index in [0.29, 0.717) is 19.6 Å². The Kier molecular flexibility index (Phi) is 7.50. The molecule has 0 aliphatic carbocycles. The van der Waals surface area contributed by atoms with E-state index >= 15 is 0 Å². The molecule has 2 rings (SSSR count). The van der Waals surface area contributed by atoms with Crippen LogP contribution in [0.15, 0.2) is 42.5 Å². The zero-order valence-electron chi connectivity index (χ0n) is 18.0. The van der Waals surface area contributed by atoms with Gasteiger partial charge in [-0.2, -0.15) is 0 Å². The Balaban J connectivity index is 1.79. The highest BCUT2D eigenvalue weighted by Gasteiger charge is 2.18. The van der Waals surface area contributed by atoms with E-state index in [9.17, 15) is 4.79 Å². The summed E-state index contributed by atoms with van der Waals surface area (Å²) in [5.74, 6) is 1.41. The van der Waals surface area contributed by atoms with Gasteiger partial charge in [0.1, 0.15) is 18.1 Å². The number of hydrogen-bond donors (Lipinski definition) is 1. The van der Waals surface area contributed by atoms with Crippen LogP contribution in [0.25, 0.3) is 0 Å². The van der Waals surface area contributed by atoms with Crippen molar-refractivity contribution in [3.63, 3.8) is 0 Å². The summed E-state index contributed by atoms with van der Waals surface area (Å²) in [6.45, 7) is 13.4. The van der Waals surface area contributed by atoms with E-state index in [1.54, 1.807) is 0 Å². The highest BCUT2D eigenvalue weighted by molar-refractivity contribution is 5.81. The standard InChI is InChI=1S/C24H33NO3/c1-7-22(28-21-11-8-17(2)18(3)16-21)23(26)25-14-15-27-20-12-9-19(10-13-20)24(4,5)6/h8-13,16,22H,7,14-15H2,1-6H3,(H,25,26). The number of carbonyl (C=O) groups is 1. The van der Waals surface area contributed by atoms with Gasteiger partial charge >= 0.3 is 0 Å². The fourth-order valence-corrected chi connectivity index (χ4v) is 2.78. The SMILES string of the molecule is CCC(Oc1ccc(C)c(C)c1)C(=O)NCCOc1ccc(C(C)(C)C)cc1. The lowest BCUT2D eigenvalue weighted by Gasteiger charge is -2.19. The molecule has 0 heterocycles. The Hall–Kier alpha value is -2.49. The Morgan fingerprint density at radius 2 is 1.64 bits per heavy atom. The molecule has 0 fully saturated rings. The quantitative estimate of drug-likeness (QED) is 0.656. The van der Waals surface area contributed by atoms with E-state index in [1.165, 1.54) is 11.1 Å². The van der Waals surface area contributed by atoms with Crippen LogP contribution < -0.4 is 14.8 Å². The van der Waals surface area contributed by atoms with Crippen molar-refractivity contribution in [1.82, 2.24) is 5.32 Å². The molecule has 152 valence electrons. The second kappa shape index (κ2) is 9.63. The van der Waals surface area contributed by atoms with Crippen molar-refractivity contribution in [3.8, 4) is 11.5 Å². The van der Waals surface area contributed by atoms with E-state index in [4.69, 9.17) is 9.47 Å². The summed E-state index contributed by atoms with van der Waals surface area (Å²) < 4.78 is 11.6. The number of amides is 1. The molecule has 1 unspecified atom stereocenters. The highest BCUT2D eigenvalue weighted by Crippen LogP contribution is 2.24. The van der Waals surface area contributed by atoms with Gasteiger partial charge in [-0.3, -0.25) is 4.79 Å². The predicted octanol–water partition coefficient (Wildman–Crippen LogP) is 4.95. The Bertz CT molecular complexity index is 775. The van der Waals surface area contributed by atoms with Crippen LogP contribution in [0.2, 0.25) is 0 Å². The fourth-order valence-electron chi connectivity index (χ4n) is 2.78. The normalized spacial score (nSPS) is 12.4. The minimum absolute atomic E-state index is 0.118. The molecule has 28 heavy (non-hydrogen) atoms. The van der Waals surface area contributed by atoms with Crippen molar-refractivity contribution >= 4 is 5.91 Å². The van der Waals surface area contributed by atoms with Gasteiger partial charge in [0.05, 0.1) is 6.54 Å². The molecular formula is C24H33NO3. The molecular weight excluding hydrogens is 350 g/mol. The summed E-state index contributed by atoms with van der Waals surface area (Å²) >= 11 is 0. The van der Waals surface area contributed by atoms with E-state index in [-0.39, 0.29) is 11.3 Å². The third kappa shape index (κ3) is 6.29. The topological polar surface area (TPSA) is 47.6 Å². The van der Waals surface area contributed by atoms with Gasteiger partial charge in [0.2, 0.25) is 0 Å². The second-order valence-electron chi connectivity index (χ2n) is 8.17. The van der Waals surface area contributed by atoms with Crippen molar-refractivity contribution in [2.45, 2.75) is 59.5 Å². The Labute approximate surface area is 169 Å². The first-order chi connectivity index (χ1) is 13.2. The zero-order chi connectivity index (χ0) is 20.7. The maximum absolute atomic E-state index is 12.4. The summed E-state index contributed by atoms with van der Waals surface area (Å²) in [5.41, 5.74) is 3.75. The lowest BCUT2D eigenvalue weighted by Crippen LogP contribution is -2.39. The maximum atomic E-state index is 12.4. The third-order valence-electron chi connectivity index (χ3n) is 4.81. The molecule has 1 atom stereocenters. The molecule has 0 radical (unpaired) electrons. The second-order valence-corrected chi connectivity index (χ2v) is 8.17. The number of hydrogen-bond acceptors (Lipinski definition) is 3. The van der Waals surface area contributed by atoms with Crippen LogP contribution in [0.4, 0.5) is 0 Å². The lowest BCUT2D eigenvalue weighted by molar-refractivity contribution is -0.128. The molecule has 0 saturated heterocycles. The molecule has 2 aromatic carbocycles. The van der Waals surface area contributed by atoms with Crippen molar-refractivity contribution < 1.29 is 14.3 Å². The molecule has 1 N–H and O–H groups in total. The van der Waals surface area contributed by atoms with Crippen molar-refractivity contribution in [2.75, 3.05) is 13.2 Å². The van der Waals surface area contributed by atoms with E-state index in [0.717, 1.165) is 17.1 Å². The van der Waals surface area contributed by atoms with Crippen molar-refractivity contribution in [3.05, 3.63) is 59.2 Å². The fraction of sp³-hybridized carbons (Fsp3) is 0.458. The van der Waals surface area contributed by atoms with Crippen molar-refractivity contribution in [1.29, 1.82) is 0 Å². The third-order valence-corrected chi connectivity index (χ3v) is 4.81. The summed E-state index contributed by atoms with van der Waals surface area (Å²) in [6, 6.07) is 14.0. The zero-order valence-corrected chi connectivity index (χ0v) is 18.0. The highest BCUT2D eigenvalue weighted by atomic mass is 16.5. The van der Waals surface area contributed by atoms with Gasteiger partial charge in [-0.05, 0) is 66.6 Å². The van der Waals surface area contributed by atoms with Gasteiger partial charge in [0.15, 0.2) is 6.10 Å². The molecule has 4 heteroatoms. The van der Waals surface area contributed by atoms with Crippen LogP contribution >= 0.6 is 0 Å². The summed E-state index contributed by atoms with van der Waals surface area (Å²) in [5, 5.41) is 2.90. The molecule has 0 aromatic heterocycles. The number of nitrogens with one attached hydrogen (secondary N) is 1.